The number of hydrogen-bond acceptors (Lipinski definition) is 4. The molecule has 2 heterocycles. The number of aromatic nitrogens is 2. The lowest BCUT2D eigenvalue weighted by molar-refractivity contribution is -0.610. The first kappa shape index (κ1) is 25.2. The normalized spacial score (nSPS) is 18.1. The number of nitrogens with one attached hydrogen (secondary N) is 1. The van der Waals surface area contributed by atoms with Crippen molar-refractivity contribution < 1.29 is 9.52 Å². The number of rotatable bonds is 5. The predicted octanol–water partition coefficient (Wildman–Crippen LogP) is 6.44. The molecule has 34 heavy (non-hydrogen) atoms. The van der Waals surface area contributed by atoms with Gasteiger partial charge in [0.2, 0.25) is 5.69 Å². The number of carbonyl (C=O) groups excluding carboxylic acids is 1. The Morgan fingerprint density at radius 1 is 1.00 bits per heavy atom. The lowest BCUT2D eigenvalue weighted by Crippen LogP contribution is -2.45. The van der Waals surface area contributed by atoms with Gasteiger partial charge in [-0.25, -0.2) is 0 Å². The van der Waals surface area contributed by atoms with Crippen molar-refractivity contribution in [1.29, 1.82) is 0 Å². The third-order valence-corrected chi connectivity index (χ3v) is 8.58. The summed E-state index contributed by atoms with van der Waals surface area (Å²) in [5, 5.41) is 16.9. The molecule has 2 aromatic heterocycles. The van der Waals surface area contributed by atoms with E-state index in [4.69, 9.17) is 4.98 Å². The van der Waals surface area contributed by atoms with Crippen molar-refractivity contribution in [3.8, 4) is 10.4 Å². The SMILES string of the molecule is CC(C)(C)c1cc(-c2sc(C(=O)NC3CCC3)[n+]([O-])c2CC2CCCCC2)cc(C(C)(C)C)n1. The molecule has 0 radical (unpaired) electrons. The van der Waals surface area contributed by atoms with Crippen LogP contribution in [0.5, 0.6) is 0 Å². The molecule has 0 aliphatic heterocycles. The molecule has 186 valence electrons. The molecule has 0 aromatic carbocycles. The highest BCUT2D eigenvalue weighted by atomic mass is 32.1. The van der Waals surface area contributed by atoms with Gasteiger partial charge in [-0.2, -0.15) is 4.73 Å². The minimum absolute atomic E-state index is 0.116. The van der Waals surface area contributed by atoms with E-state index < -0.39 is 0 Å². The molecule has 2 aromatic rings. The van der Waals surface area contributed by atoms with Gasteiger partial charge in [-0.3, -0.25) is 9.78 Å². The lowest BCUT2D eigenvalue weighted by Gasteiger charge is -2.25. The van der Waals surface area contributed by atoms with Crippen LogP contribution in [0, 0.1) is 11.1 Å². The van der Waals surface area contributed by atoms with E-state index >= 15 is 0 Å². The molecule has 0 bridgehead atoms. The quantitative estimate of drug-likeness (QED) is 0.393. The zero-order chi connectivity index (χ0) is 24.7. The van der Waals surface area contributed by atoms with Crippen LogP contribution in [0.4, 0.5) is 0 Å². The number of thiazole rings is 1. The monoisotopic (exact) mass is 483 g/mol. The smallest absolute Gasteiger partial charge is 0.339 e. The fourth-order valence-electron chi connectivity index (χ4n) is 4.85. The van der Waals surface area contributed by atoms with Gasteiger partial charge in [0.05, 0.1) is 0 Å². The minimum Gasteiger partial charge on any atom is -0.617 e. The van der Waals surface area contributed by atoms with E-state index in [0.29, 0.717) is 5.92 Å². The van der Waals surface area contributed by atoms with Crippen LogP contribution < -0.4 is 10.0 Å². The van der Waals surface area contributed by atoms with E-state index in [2.05, 4.69) is 59.0 Å². The van der Waals surface area contributed by atoms with Crippen LogP contribution in [0.3, 0.4) is 0 Å². The van der Waals surface area contributed by atoms with E-state index in [1.165, 1.54) is 30.6 Å². The Labute approximate surface area is 209 Å². The summed E-state index contributed by atoms with van der Waals surface area (Å²) >= 11 is 1.36. The Morgan fingerprint density at radius 3 is 2.09 bits per heavy atom. The Kier molecular flexibility index (Phi) is 7.10. The maximum Gasteiger partial charge on any atom is 0.339 e. The number of pyridine rings is 1. The molecule has 2 fully saturated rings. The average Bonchev–Trinajstić information content (AvgIpc) is 3.06. The largest absolute Gasteiger partial charge is 0.617 e. The Morgan fingerprint density at radius 2 is 1.59 bits per heavy atom. The van der Waals surface area contributed by atoms with E-state index in [9.17, 15) is 10.0 Å². The molecule has 0 unspecified atom stereocenters. The zero-order valence-corrected chi connectivity index (χ0v) is 22.6. The van der Waals surface area contributed by atoms with Gasteiger partial charge in [0.25, 0.3) is 0 Å². The maximum absolute atomic E-state index is 13.6. The summed E-state index contributed by atoms with van der Waals surface area (Å²) in [6, 6.07) is 4.48. The van der Waals surface area contributed by atoms with Gasteiger partial charge in [-0.15, -0.1) is 0 Å². The first-order chi connectivity index (χ1) is 15.9. The third kappa shape index (κ3) is 5.48. The highest BCUT2D eigenvalue weighted by Crippen LogP contribution is 2.37. The van der Waals surface area contributed by atoms with Crippen LogP contribution in [0.2, 0.25) is 0 Å². The molecule has 2 saturated carbocycles. The van der Waals surface area contributed by atoms with Crippen molar-refractivity contribution in [2.75, 3.05) is 0 Å². The molecule has 1 amide bonds. The van der Waals surface area contributed by atoms with E-state index in [0.717, 1.165) is 70.8 Å². The minimum atomic E-state index is -0.220. The van der Waals surface area contributed by atoms with Gasteiger partial charge in [-0.05, 0) is 50.2 Å². The molecular weight excluding hydrogens is 442 g/mol. The molecule has 4 rings (SSSR count). The predicted molar refractivity (Wildman–Crippen MR) is 139 cm³/mol. The van der Waals surface area contributed by atoms with Gasteiger partial charge < -0.3 is 10.5 Å². The second kappa shape index (κ2) is 9.60. The van der Waals surface area contributed by atoms with Gasteiger partial charge in [-0.1, -0.05) is 72.1 Å². The van der Waals surface area contributed by atoms with E-state index in [-0.39, 0.29) is 27.8 Å². The van der Waals surface area contributed by atoms with Gasteiger partial charge in [0.15, 0.2) is 0 Å². The molecule has 2 aliphatic rings. The average molecular weight is 484 g/mol. The fraction of sp³-hybridized carbons (Fsp3) is 0.679. The van der Waals surface area contributed by atoms with Crippen molar-refractivity contribution in [3.63, 3.8) is 0 Å². The molecule has 0 atom stereocenters. The summed E-state index contributed by atoms with van der Waals surface area (Å²) in [5.41, 5.74) is 3.59. The second-order valence-electron chi connectivity index (χ2n) is 12.4. The first-order valence-corrected chi connectivity index (χ1v) is 13.8. The molecular formula is C28H41N3O2S. The first-order valence-electron chi connectivity index (χ1n) is 13.0. The van der Waals surface area contributed by atoms with Crippen molar-refractivity contribution in [3.05, 3.63) is 39.4 Å². The van der Waals surface area contributed by atoms with Crippen LogP contribution in [0.1, 0.15) is 120 Å². The summed E-state index contributed by atoms with van der Waals surface area (Å²) in [5.74, 6) is 0.290. The maximum atomic E-state index is 13.6. The topological polar surface area (TPSA) is 68.9 Å². The lowest BCUT2D eigenvalue weighted by atomic mass is 9.84. The molecule has 5 nitrogen and oxygen atoms in total. The summed E-state index contributed by atoms with van der Waals surface area (Å²) in [7, 11) is 0. The highest BCUT2D eigenvalue weighted by Gasteiger charge is 2.34. The van der Waals surface area contributed by atoms with Gasteiger partial charge >= 0.3 is 10.9 Å². The summed E-state index contributed by atoms with van der Waals surface area (Å²) in [4.78, 5) is 19.0. The van der Waals surface area contributed by atoms with Crippen LogP contribution >= 0.6 is 11.3 Å². The second-order valence-corrected chi connectivity index (χ2v) is 13.4. The third-order valence-electron chi connectivity index (χ3n) is 7.36. The van der Waals surface area contributed by atoms with Crippen molar-refractivity contribution in [2.24, 2.45) is 5.92 Å². The number of hydrogen-bond donors (Lipinski definition) is 1. The Bertz CT molecular complexity index is 1000. The highest BCUT2D eigenvalue weighted by molar-refractivity contribution is 7.16. The number of carbonyl (C=O) groups is 1. The fourth-order valence-corrected chi connectivity index (χ4v) is 5.90. The van der Waals surface area contributed by atoms with Crippen LogP contribution in [0.25, 0.3) is 10.4 Å². The Hall–Kier alpha value is -1.95. The van der Waals surface area contributed by atoms with Crippen LogP contribution in [-0.4, -0.2) is 16.9 Å². The van der Waals surface area contributed by atoms with Crippen molar-refractivity contribution >= 4 is 17.2 Å². The summed E-state index contributed by atoms with van der Waals surface area (Å²) in [6.07, 6.45) is 9.97. The summed E-state index contributed by atoms with van der Waals surface area (Å²) < 4.78 is 0.955. The molecule has 1 N–H and O–H groups in total. The molecule has 0 saturated heterocycles. The Balaban J connectivity index is 1.81. The molecule has 0 spiro atoms. The van der Waals surface area contributed by atoms with Crippen molar-refractivity contribution in [1.82, 2.24) is 10.3 Å². The van der Waals surface area contributed by atoms with Gasteiger partial charge in [0, 0.05) is 40.2 Å². The molecule has 2 aliphatic carbocycles. The van der Waals surface area contributed by atoms with E-state index in [1.807, 2.05) is 0 Å². The number of nitrogens with zero attached hydrogens (tertiary/aromatic N) is 2. The van der Waals surface area contributed by atoms with Crippen LogP contribution in [0.15, 0.2) is 12.1 Å². The zero-order valence-electron chi connectivity index (χ0n) is 21.8. The van der Waals surface area contributed by atoms with Crippen molar-refractivity contribution in [2.45, 2.75) is 116 Å². The van der Waals surface area contributed by atoms with Gasteiger partial charge in [0.1, 0.15) is 4.88 Å². The van der Waals surface area contributed by atoms with E-state index in [1.54, 1.807) is 0 Å². The van der Waals surface area contributed by atoms with Crippen LogP contribution in [-0.2, 0) is 17.3 Å². The standard InChI is InChI=1S/C28H41N3O2S/c1-27(2,3)22-16-19(17-23(30-22)28(4,5)6)24-21(15-18-11-8-7-9-12-18)31(33)26(34-24)25(32)29-20-13-10-14-20/h16-18,20H,7-15H2,1-6H3,(H,29,32). The summed E-state index contributed by atoms with van der Waals surface area (Å²) in [6.45, 7) is 13.0. The molecule has 6 heteroatoms. The number of amides is 1.